The first-order chi connectivity index (χ1) is 10.4. The Morgan fingerprint density at radius 3 is 2.36 bits per heavy atom. The molecule has 1 aliphatic rings. The van der Waals surface area contributed by atoms with Crippen molar-refractivity contribution in [1.29, 1.82) is 0 Å². The van der Waals surface area contributed by atoms with Gasteiger partial charge in [-0.05, 0) is 43.0 Å². The van der Waals surface area contributed by atoms with Crippen molar-refractivity contribution in [2.75, 3.05) is 11.6 Å². The number of carbonyl (C=O) groups is 1. The number of anilines is 1. The number of amides is 1. The molecule has 0 spiro atoms. The van der Waals surface area contributed by atoms with Crippen molar-refractivity contribution < 1.29 is 13.2 Å². The molecule has 22 heavy (non-hydrogen) atoms. The summed E-state index contributed by atoms with van der Waals surface area (Å²) in [5.41, 5.74) is 0.648. The van der Waals surface area contributed by atoms with E-state index < -0.39 is 9.84 Å². The molecule has 1 N–H and O–H groups in total. The molecule has 1 fully saturated rings. The minimum absolute atomic E-state index is 0.00270. The van der Waals surface area contributed by atoms with Gasteiger partial charge >= 0.3 is 0 Å². The van der Waals surface area contributed by atoms with Gasteiger partial charge in [0.1, 0.15) is 0 Å². The van der Waals surface area contributed by atoms with Crippen LogP contribution in [0, 0.1) is 5.92 Å². The second-order valence-corrected chi connectivity index (χ2v) is 8.26. The van der Waals surface area contributed by atoms with Crippen LogP contribution in [0.1, 0.15) is 51.4 Å². The standard InChI is InChI=1S/C17H25NO3S/c1-22(20,21)16-12-10-15(11-13-16)18-17(19)9-5-8-14-6-3-2-4-7-14/h10-14H,2-9H2,1H3,(H,18,19). The Morgan fingerprint density at radius 1 is 1.14 bits per heavy atom. The third-order valence-electron chi connectivity index (χ3n) is 4.31. The van der Waals surface area contributed by atoms with Gasteiger partial charge in [0.05, 0.1) is 4.90 Å². The normalized spacial score (nSPS) is 16.4. The fourth-order valence-electron chi connectivity index (χ4n) is 3.04. The molecule has 1 saturated carbocycles. The predicted molar refractivity (Wildman–Crippen MR) is 88.6 cm³/mol. The van der Waals surface area contributed by atoms with Crippen LogP contribution in [0.4, 0.5) is 5.69 Å². The van der Waals surface area contributed by atoms with E-state index in [4.69, 9.17) is 0 Å². The molecule has 1 aromatic rings. The Balaban J connectivity index is 1.74. The maximum atomic E-state index is 11.9. The monoisotopic (exact) mass is 323 g/mol. The van der Waals surface area contributed by atoms with Crippen molar-refractivity contribution in [3.8, 4) is 0 Å². The molecule has 0 atom stereocenters. The van der Waals surface area contributed by atoms with Gasteiger partial charge in [-0.2, -0.15) is 0 Å². The topological polar surface area (TPSA) is 63.2 Å². The molecule has 0 aromatic heterocycles. The number of hydrogen-bond acceptors (Lipinski definition) is 3. The van der Waals surface area contributed by atoms with Gasteiger partial charge in [-0.1, -0.05) is 32.1 Å². The van der Waals surface area contributed by atoms with Crippen molar-refractivity contribution in [1.82, 2.24) is 0 Å². The Labute approximate surface area is 133 Å². The lowest BCUT2D eigenvalue weighted by molar-refractivity contribution is -0.116. The highest BCUT2D eigenvalue weighted by molar-refractivity contribution is 7.90. The van der Waals surface area contributed by atoms with Crippen LogP contribution in [0.25, 0.3) is 0 Å². The molecule has 1 aromatic carbocycles. The molecule has 1 aliphatic carbocycles. The van der Waals surface area contributed by atoms with Crippen LogP contribution >= 0.6 is 0 Å². The van der Waals surface area contributed by atoms with Crippen LogP contribution in [-0.4, -0.2) is 20.6 Å². The summed E-state index contributed by atoms with van der Waals surface area (Å²) in [6.07, 6.45) is 10.4. The lowest BCUT2D eigenvalue weighted by Crippen LogP contribution is -2.13. The van der Waals surface area contributed by atoms with E-state index in [-0.39, 0.29) is 10.8 Å². The summed E-state index contributed by atoms with van der Waals surface area (Å²) in [5.74, 6) is 0.804. The maximum Gasteiger partial charge on any atom is 0.224 e. The number of rotatable bonds is 6. The minimum Gasteiger partial charge on any atom is -0.326 e. The van der Waals surface area contributed by atoms with Crippen molar-refractivity contribution in [2.45, 2.75) is 56.3 Å². The number of sulfone groups is 1. The highest BCUT2D eigenvalue weighted by atomic mass is 32.2. The summed E-state index contributed by atoms with van der Waals surface area (Å²) < 4.78 is 22.7. The van der Waals surface area contributed by atoms with Gasteiger partial charge < -0.3 is 5.32 Å². The van der Waals surface area contributed by atoms with E-state index in [9.17, 15) is 13.2 Å². The molecule has 1 amide bonds. The molecule has 5 heteroatoms. The zero-order valence-electron chi connectivity index (χ0n) is 13.2. The zero-order valence-corrected chi connectivity index (χ0v) is 14.0. The SMILES string of the molecule is CS(=O)(=O)c1ccc(NC(=O)CCCC2CCCCC2)cc1. The van der Waals surface area contributed by atoms with E-state index in [1.807, 2.05) is 0 Å². The van der Waals surface area contributed by atoms with Crippen LogP contribution in [0.2, 0.25) is 0 Å². The summed E-state index contributed by atoms with van der Waals surface area (Å²) in [4.78, 5) is 12.2. The van der Waals surface area contributed by atoms with Crippen LogP contribution in [-0.2, 0) is 14.6 Å². The number of hydrogen-bond donors (Lipinski definition) is 1. The molecule has 0 bridgehead atoms. The third kappa shape index (κ3) is 5.44. The van der Waals surface area contributed by atoms with Crippen molar-refractivity contribution in [2.24, 2.45) is 5.92 Å². The predicted octanol–water partition coefficient (Wildman–Crippen LogP) is 3.78. The van der Waals surface area contributed by atoms with Crippen LogP contribution in [0.5, 0.6) is 0 Å². The fraction of sp³-hybridized carbons (Fsp3) is 0.588. The highest BCUT2D eigenvalue weighted by Crippen LogP contribution is 2.27. The molecule has 0 heterocycles. The molecule has 2 rings (SSSR count). The Morgan fingerprint density at radius 2 is 1.77 bits per heavy atom. The summed E-state index contributed by atoms with van der Waals surface area (Å²) in [6, 6.07) is 6.31. The number of carbonyl (C=O) groups excluding carboxylic acids is 1. The second-order valence-electron chi connectivity index (χ2n) is 6.24. The average Bonchev–Trinajstić information content (AvgIpc) is 2.48. The van der Waals surface area contributed by atoms with Gasteiger partial charge in [0.25, 0.3) is 0 Å². The summed E-state index contributed by atoms with van der Waals surface area (Å²) >= 11 is 0. The lowest BCUT2D eigenvalue weighted by atomic mass is 9.86. The first-order valence-electron chi connectivity index (χ1n) is 8.05. The van der Waals surface area contributed by atoms with E-state index in [2.05, 4.69) is 5.32 Å². The third-order valence-corrected chi connectivity index (χ3v) is 5.44. The second kappa shape index (κ2) is 7.77. The molecule has 4 nitrogen and oxygen atoms in total. The van der Waals surface area contributed by atoms with Crippen LogP contribution in [0.15, 0.2) is 29.2 Å². The van der Waals surface area contributed by atoms with Crippen LogP contribution < -0.4 is 5.32 Å². The first kappa shape index (κ1) is 17.0. The zero-order chi connectivity index (χ0) is 16.0. The van der Waals surface area contributed by atoms with Crippen LogP contribution in [0.3, 0.4) is 0 Å². The van der Waals surface area contributed by atoms with Gasteiger partial charge in [-0.15, -0.1) is 0 Å². The summed E-state index contributed by atoms with van der Waals surface area (Å²) in [7, 11) is -3.19. The van der Waals surface area contributed by atoms with E-state index in [1.165, 1.54) is 50.5 Å². The van der Waals surface area contributed by atoms with Gasteiger partial charge in [-0.25, -0.2) is 8.42 Å². The largest absolute Gasteiger partial charge is 0.326 e. The Bertz CT molecular complexity index is 587. The highest BCUT2D eigenvalue weighted by Gasteiger charge is 2.13. The molecular formula is C17H25NO3S. The Hall–Kier alpha value is -1.36. The van der Waals surface area contributed by atoms with E-state index in [0.717, 1.165) is 18.8 Å². The van der Waals surface area contributed by atoms with Crippen molar-refractivity contribution >= 4 is 21.4 Å². The number of nitrogens with one attached hydrogen (secondary N) is 1. The molecule has 0 unspecified atom stereocenters. The lowest BCUT2D eigenvalue weighted by Gasteiger charge is -2.21. The van der Waals surface area contributed by atoms with E-state index >= 15 is 0 Å². The first-order valence-corrected chi connectivity index (χ1v) is 9.94. The van der Waals surface area contributed by atoms with Gasteiger partial charge in [0, 0.05) is 18.4 Å². The molecule has 0 saturated heterocycles. The van der Waals surface area contributed by atoms with Gasteiger partial charge in [0.15, 0.2) is 9.84 Å². The smallest absolute Gasteiger partial charge is 0.224 e. The minimum atomic E-state index is -3.19. The molecular weight excluding hydrogens is 298 g/mol. The van der Waals surface area contributed by atoms with Crippen molar-refractivity contribution in [3.05, 3.63) is 24.3 Å². The van der Waals surface area contributed by atoms with Gasteiger partial charge in [0.2, 0.25) is 5.91 Å². The van der Waals surface area contributed by atoms with E-state index in [1.54, 1.807) is 12.1 Å². The van der Waals surface area contributed by atoms with Crippen molar-refractivity contribution in [3.63, 3.8) is 0 Å². The quantitative estimate of drug-likeness (QED) is 0.866. The molecule has 0 radical (unpaired) electrons. The average molecular weight is 323 g/mol. The van der Waals surface area contributed by atoms with E-state index in [0.29, 0.717) is 12.1 Å². The number of benzene rings is 1. The maximum absolute atomic E-state index is 11.9. The summed E-state index contributed by atoms with van der Waals surface area (Å²) in [6.45, 7) is 0. The molecule has 0 aliphatic heterocycles. The summed E-state index contributed by atoms with van der Waals surface area (Å²) in [5, 5.41) is 2.82. The Kier molecular flexibility index (Phi) is 6.00. The molecule has 122 valence electrons. The fourth-order valence-corrected chi connectivity index (χ4v) is 3.67. The van der Waals surface area contributed by atoms with Gasteiger partial charge in [-0.3, -0.25) is 4.79 Å².